The molecular weight excluding hydrogens is 167 g/mol. The van der Waals surface area contributed by atoms with Crippen LogP contribution in [0.3, 0.4) is 0 Å². The minimum Gasteiger partial charge on any atom is -0.373 e. The summed E-state index contributed by atoms with van der Waals surface area (Å²) in [7, 11) is 1.99. The fourth-order valence-corrected chi connectivity index (χ4v) is 1.63. The molecule has 0 aliphatic carbocycles. The van der Waals surface area contributed by atoms with Gasteiger partial charge in [-0.25, -0.2) is 4.39 Å². The number of halogens is 1. The van der Waals surface area contributed by atoms with Crippen molar-refractivity contribution in [1.29, 1.82) is 0 Å². The molecule has 0 aromatic heterocycles. The van der Waals surface area contributed by atoms with Gasteiger partial charge in [-0.15, -0.1) is 0 Å². The van der Waals surface area contributed by atoms with E-state index in [2.05, 4.69) is 10.2 Å². The van der Waals surface area contributed by atoms with Crippen molar-refractivity contribution in [2.75, 3.05) is 25.0 Å². The highest BCUT2D eigenvalue weighted by Crippen LogP contribution is 2.21. The van der Waals surface area contributed by atoms with Crippen LogP contribution in [0.4, 0.5) is 10.1 Å². The fraction of sp³-hybridized carbons (Fsp3) is 0.400. The molecule has 1 N–H and O–H groups in total. The molecule has 0 atom stereocenters. The summed E-state index contributed by atoms with van der Waals surface area (Å²) in [4.78, 5) is 2.08. The van der Waals surface area contributed by atoms with Crippen LogP contribution in [-0.4, -0.2) is 20.1 Å². The van der Waals surface area contributed by atoms with Crippen LogP contribution in [0.25, 0.3) is 0 Å². The van der Waals surface area contributed by atoms with Crippen molar-refractivity contribution in [3.8, 4) is 0 Å². The van der Waals surface area contributed by atoms with Gasteiger partial charge < -0.3 is 10.2 Å². The molecule has 2 nitrogen and oxygen atoms in total. The second kappa shape index (κ2) is 3.34. The molecule has 0 bridgehead atoms. The predicted octanol–water partition coefficient (Wildman–Crippen LogP) is 1.37. The van der Waals surface area contributed by atoms with Crippen molar-refractivity contribution in [1.82, 2.24) is 5.32 Å². The van der Waals surface area contributed by atoms with E-state index in [9.17, 15) is 4.39 Å². The van der Waals surface area contributed by atoms with Crippen LogP contribution in [0.1, 0.15) is 5.56 Å². The quantitative estimate of drug-likeness (QED) is 0.648. The summed E-state index contributed by atoms with van der Waals surface area (Å²) in [5, 5.41) is 3.29. The molecule has 0 radical (unpaired) electrons. The number of hydrogen-bond donors (Lipinski definition) is 1. The summed E-state index contributed by atoms with van der Waals surface area (Å²) in [6.07, 6.45) is 0. The van der Waals surface area contributed by atoms with Crippen LogP contribution in [0.2, 0.25) is 0 Å². The third-order valence-corrected chi connectivity index (χ3v) is 2.40. The summed E-state index contributed by atoms with van der Waals surface area (Å²) in [5.41, 5.74) is 2.17. The van der Waals surface area contributed by atoms with Crippen LogP contribution in [-0.2, 0) is 6.54 Å². The van der Waals surface area contributed by atoms with Crippen LogP contribution < -0.4 is 10.2 Å². The largest absolute Gasteiger partial charge is 0.373 e. The zero-order valence-electron chi connectivity index (χ0n) is 7.68. The lowest BCUT2D eigenvalue weighted by Gasteiger charge is -2.18. The Labute approximate surface area is 77.4 Å². The Hall–Kier alpha value is -1.09. The third-order valence-electron chi connectivity index (χ3n) is 2.40. The van der Waals surface area contributed by atoms with Crippen LogP contribution in [0, 0.1) is 5.82 Å². The molecule has 13 heavy (non-hydrogen) atoms. The van der Waals surface area contributed by atoms with E-state index >= 15 is 0 Å². The maximum Gasteiger partial charge on any atom is 0.125 e. The van der Waals surface area contributed by atoms with E-state index in [-0.39, 0.29) is 5.82 Å². The molecule has 0 amide bonds. The SMILES string of the molecule is CN1CCNCc2ccc(F)cc21. The predicted molar refractivity (Wildman–Crippen MR) is 51.4 cm³/mol. The summed E-state index contributed by atoms with van der Waals surface area (Å²) in [6.45, 7) is 2.71. The Morgan fingerprint density at radius 2 is 2.31 bits per heavy atom. The maximum absolute atomic E-state index is 13.0. The minimum absolute atomic E-state index is 0.160. The molecule has 0 saturated carbocycles. The van der Waals surface area contributed by atoms with Crippen LogP contribution in [0.5, 0.6) is 0 Å². The van der Waals surface area contributed by atoms with Gasteiger partial charge in [0.2, 0.25) is 0 Å². The number of rotatable bonds is 0. The molecule has 3 heteroatoms. The highest BCUT2D eigenvalue weighted by Gasteiger charge is 2.11. The van der Waals surface area contributed by atoms with E-state index in [1.54, 1.807) is 6.07 Å². The zero-order valence-corrected chi connectivity index (χ0v) is 7.68. The molecular formula is C10H13FN2. The molecule has 0 unspecified atom stereocenters. The smallest absolute Gasteiger partial charge is 0.125 e. The Balaban J connectivity index is 2.43. The number of nitrogens with one attached hydrogen (secondary N) is 1. The summed E-state index contributed by atoms with van der Waals surface area (Å²) >= 11 is 0. The minimum atomic E-state index is -0.160. The number of anilines is 1. The average Bonchev–Trinajstić information content (AvgIpc) is 2.29. The Kier molecular flexibility index (Phi) is 2.19. The lowest BCUT2D eigenvalue weighted by molar-refractivity contribution is 0.626. The standard InChI is InChI=1S/C10H13FN2/c1-13-5-4-12-7-8-2-3-9(11)6-10(8)13/h2-3,6,12H,4-5,7H2,1H3. The van der Waals surface area contributed by atoms with Crippen molar-refractivity contribution in [3.63, 3.8) is 0 Å². The first kappa shape index (κ1) is 8.51. The first-order valence-corrected chi connectivity index (χ1v) is 4.47. The first-order valence-electron chi connectivity index (χ1n) is 4.47. The Morgan fingerprint density at radius 3 is 3.15 bits per heavy atom. The number of nitrogens with zero attached hydrogens (tertiary/aromatic N) is 1. The van der Waals surface area contributed by atoms with Crippen molar-refractivity contribution in [3.05, 3.63) is 29.6 Å². The fourth-order valence-electron chi connectivity index (χ4n) is 1.63. The number of likely N-dealkylation sites (N-methyl/N-ethyl adjacent to an activating group) is 1. The monoisotopic (exact) mass is 180 g/mol. The van der Waals surface area contributed by atoms with E-state index in [0.29, 0.717) is 0 Å². The highest BCUT2D eigenvalue weighted by atomic mass is 19.1. The molecule has 0 saturated heterocycles. The third kappa shape index (κ3) is 1.65. The van der Waals surface area contributed by atoms with Gasteiger partial charge in [-0.1, -0.05) is 6.07 Å². The van der Waals surface area contributed by atoms with Gasteiger partial charge in [0, 0.05) is 32.4 Å². The molecule has 0 spiro atoms. The number of hydrogen-bond acceptors (Lipinski definition) is 2. The molecule has 1 aliphatic heterocycles. The van der Waals surface area contributed by atoms with Crippen LogP contribution in [0.15, 0.2) is 18.2 Å². The topological polar surface area (TPSA) is 15.3 Å². The summed E-state index contributed by atoms with van der Waals surface area (Å²) < 4.78 is 13.0. The second-order valence-corrected chi connectivity index (χ2v) is 3.37. The first-order chi connectivity index (χ1) is 6.27. The molecule has 0 fully saturated rings. The van der Waals surface area contributed by atoms with Gasteiger partial charge in [-0.05, 0) is 17.7 Å². The van der Waals surface area contributed by atoms with Gasteiger partial charge in [0.25, 0.3) is 0 Å². The van der Waals surface area contributed by atoms with E-state index in [0.717, 1.165) is 25.3 Å². The van der Waals surface area contributed by atoms with Gasteiger partial charge in [0.05, 0.1) is 0 Å². The Morgan fingerprint density at radius 1 is 1.46 bits per heavy atom. The van der Waals surface area contributed by atoms with Crippen molar-refractivity contribution in [2.45, 2.75) is 6.54 Å². The van der Waals surface area contributed by atoms with E-state index in [1.807, 2.05) is 13.1 Å². The molecule has 1 heterocycles. The average molecular weight is 180 g/mol. The summed E-state index contributed by atoms with van der Waals surface area (Å²) in [5.74, 6) is -0.160. The second-order valence-electron chi connectivity index (χ2n) is 3.37. The van der Waals surface area contributed by atoms with E-state index in [1.165, 1.54) is 11.6 Å². The van der Waals surface area contributed by atoms with Gasteiger partial charge >= 0.3 is 0 Å². The molecule has 1 aliphatic rings. The highest BCUT2D eigenvalue weighted by molar-refractivity contribution is 5.54. The number of benzene rings is 1. The van der Waals surface area contributed by atoms with Crippen molar-refractivity contribution >= 4 is 5.69 Å². The van der Waals surface area contributed by atoms with E-state index < -0.39 is 0 Å². The van der Waals surface area contributed by atoms with Gasteiger partial charge in [0.1, 0.15) is 5.82 Å². The molecule has 1 aromatic rings. The zero-order chi connectivity index (χ0) is 9.26. The van der Waals surface area contributed by atoms with Gasteiger partial charge in [0.15, 0.2) is 0 Å². The molecule has 70 valence electrons. The van der Waals surface area contributed by atoms with Crippen molar-refractivity contribution < 1.29 is 4.39 Å². The Bertz CT molecular complexity index is 312. The summed E-state index contributed by atoms with van der Waals surface area (Å²) in [6, 6.07) is 4.96. The van der Waals surface area contributed by atoms with Gasteiger partial charge in [-0.3, -0.25) is 0 Å². The number of fused-ring (bicyclic) bond motifs is 1. The van der Waals surface area contributed by atoms with E-state index in [4.69, 9.17) is 0 Å². The maximum atomic E-state index is 13.0. The van der Waals surface area contributed by atoms with Crippen molar-refractivity contribution in [2.24, 2.45) is 0 Å². The van der Waals surface area contributed by atoms with Crippen LogP contribution >= 0.6 is 0 Å². The lowest BCUT2D eigenvalue weighted by Crippen LogP contribution is -2.24. The lowest BCUT2D eigenvalue weighted by atomic mass is 10.1. The molecule has 1 aromatic carbocycles. The van der Waals surface area contributed by atoms with Gasteiger partial charge in [-0.2, -0.15) is 0 Å². The normalized spacial score (nSPS) is 16.6. The molecule has 2 rings (SSSR count).